The SMILES string of the molecule is CCCCCCOC(=O)C1CCCCC1. The average molecular weight is 212 g/mol. The molecule has 15 heavy (non-hydrogen) atoms. The monoisotopic (exact) mass is 212 g/mol. The van der Waals surface area contributed by atoms with E-state index in [0.29, 0.717) is 6.61 Å². The summed E-state index contributed by atoms with van der Waals surface area (Å²) in [6, 6.07) is 0. The summed E-state index contributed by atoms with van der Waals surface area (Å²) in [5, 5.41) is 0. The highest BCUT2D eigenvalue weighted by atomic mass is 16.5. The average Bonchev–Trinajstić information content (AvgIpc) is 2.30. The molecule has 0 N–H and O–H groups in total. The van der Waals surface area contributed by atoms with Gasteiger partial charge in [-0.3, -0.25) is 4.79 Å². The number of rotatable bonds is 6. The Morgan fingerprint density at radius 2 is 1.87 bits per heavy atom. The van der Waals surface area contributed by atoms with Crippen molar-refractivity contribution >= 4 is 5.97 Å². The van der Waals surface area contributed by atoms with Crippen LogP contribution in [0.1, 0.15) is 64.7 Å². The molecule has 0 saturated heterocycles. The predicted molar refractivity (Wildman–Crippen MR) is 61.7 cm³/mol. The standard InChI is InChI=1S/C13H24O2/c1-2-3-4-8-11-15-13(14)12-9-6-5-7-10-12/h12H,2-11H2,1H3. The third kappa shape index (κ3) is 5.19. The molecule has 0 aromatic rings. The Morgan fingerprint density at radius 1 is 1.13 bits per heavy atom. The van der Waals surface area contributed by atoms with Gasteiger partial charge in [-0.2, -0.15) is 0 Å². The van der Waals surface area contributed by atoms with E-state index in [1.165, 1.54) is 38.5 Å². The number of unbranched alkanes of at least 4 members (excludes halogenated alkanes) is 3. The Hall–Kier alpha value is -0.530. The van der Waals surface area contributed by atoms with Gasteiger partial charge >= 0.3 is 5.97 Å². The smallest absolute Gasteiger partial charge is 0.308 e. The van der Waals surface area contributed by atoms with E-state index >= 15 is 0 Å². The maximum Gasteiger partial charge on any atom is 0.308 e. The Labute approximate surface area is 93.4 Å². The molecule has 0 atom stereocenters. The van der Waals surface area contributed by atoms with Crippen molar-refractivity contribution in [3.05, 3.63) is 0 Å². The molecule has 0 bridgehead atoms. The summed E-state index contributed by atoms with van der Waals surface area (Å²) in [5.41, 5.74) is 0. The van der Waals surface area contributed by atoms with Gasteiger partial charge in [0.15, 0.2) is 0 Å². The normalized spacial score (nSPS) is 17.7. The number of hydrogen-bond acceptors (Lipinski definition) is 2. The molecule has 2 heteroatoms. The molecule has 0 amide bonds. The van der Waals surface area contributed by atoms with E-state index in [2.05, 4.69) is 6.92 Å². The highest BCUT2D eigenvalue weighted by Gasteiger charge is 2.21. The summed E-state index contributed by atoms with van der Waals surface area (Å²) in [6.07, 6.45) is 10.5. The summed E-state index contributed by atoms with van der Waals surface area (Å²) in [7, 11) is 0. The maximum absolute atomic E-state index is 11.6. The van der Waals surface area contributed by atoms with Crippen LogP contribution in [-0.2, 0) is 9.53 Å². The van der Waals surface area contributed by atoms with Crippen molar-refractivity contribution in [1.82, 2.24) is 0 Å². The molecule has 1 saturated carbocycles. The highest BCUT2D eigenvalue weighted by molar-refractivity contribution is 5.72. The van der Waals surface area contributed by atoms with Gasteiger partial charge in [0.25, 0.3) is 0 Å². The van der Waals surface area contributed by atoms with Gasteiger partial charge in [-0.05, 0) is 19.3 Å². The van der Waals surface area contributed by atoms with E-state index in [1.54, 1.807) is 0 Å². The van der Waals surface area contributed by atoms with E-state index in [0.717, 1.165) is 19.3 Å². The van der Waals surface area contributed by atoms with E-state index in [9.17, 15) is 4.79 Å². The number of ether oxygens (including phenoxy) is 1. The molecule has 2 nitrogen and oxygen atoms in total. The van der Waals surface area contributed by atoms with E-state index in [1.807, 2.05) is 0 Å². The van der Waals surface area contributed by atoms with Crippen LogP contribution >= 0.6 is 0 Å². The molecule has 1 aliphatic carbocycles. The molecule has 0 aromatic heterocycles. The zero-order valence-electron chi connectivity index (χ0n) is 9.96. The fourth-order valence-electron chi connectivity index (χ4n) is 2.16. The largest absolute Gasteiger partial charge is 0.465 e. The first-order valence-corrected chi connectivity index (χ1v) is 6.51. The van der Waals surface area contributed by atoms with Crippen LogP contribution < -0.4 is 0 Å². The number of hydrogen-bond donors (Lipinski definition) is 0. The topological polar surface area (TPSA) is 26.3 Å². The Bertz CT molecular complexity index is 171. The molecular weight excluding hydrogens is 188 g/mol. The minimum Gasteiger partial charge on any atom is -0.465 e. The van der Waals surface area contributed by atoms with Gasteiger partial charge in [0.05, 0.1) is 12.5 Å². The lowest BCUT2D eigenvalue weighted by atomic mass is 9.89. The van der Waals surface area contributed by atoms with Crippen molar-refractivity contribution < 1.29 is 9.53 Å². The zero-order chi connectivity index (χ0) is 10.9. The van der Waals surface area contributed by atoms with Crippen LogP contribution in [-0.4, -0.2) is 12.6 Å². The fourth-order valence-corrected chi connectivity index (χ4v) is 2.16. The second-order valence-electron chi connectivity index (χ2n) is 4.56. The van der Waals surface area contributed by atoms with Crippen LogP contribution in [0.5, 0.6) is 0 Å². The molecule has 0 aliphatic heterocycles. The predicted octanol–water partition coefficient (Wildman–Crippen LogP) is 3.69. The quantitative estimate of drug-likeness (QED) is 0.496. The lowest BCUT2D eigenvalue weighted by molar-refractivity contribution is -0.149. The van der Waals surface area contributed by atoms with Crippen LogP contribution in [0, 0.1) is 5.92 Å². The van der Waals surface area contributed by atoms with Crippen LogP contribution in [0.15, 0.2) is 0 Å². The Balaban J connectivity index is 2.02. The van der Waals surface area contributed by atoms with Gasteiger partial charge in [-0.25, -0.2) is 0 Å². The van der Waals surface area contributed by atoms with Gasteiger partial charge in [-0.1, -0.05) is 45.4 Å². The van der Waals surface area contributed by atoms with Crippen LogP contribution in [0.2, 0.25) is 0 Å². The van der Waals surface area contributed by atoms with Crippen molar-refractivity contribution in [2.24, 2.45) is 5.92 Å². The summed E-state index contributed by atoms with van der Waals surface area (Å²) in [4.78, 5) is 11.6. The lowest BCUT2D eigenvalue weighted by Gasteiger charge is -2.19. The lowest BCUT2D eigenvalue weighted by Crippen LogP contribution is -2.20. The molecule has 1 aliphatic rings. The Morgan fingerprint density at radius 3 is 2.53 bits per heavy atom. The van der Waals surface area contributed by atoms with Gasteiger partial charge in [0.1, 0.15) is 0 Å². The molecule has 0 spiro atoms. The number of carbonyl (C=O) groups is 1. The third-order valence-corrected chi connectivity index (χ3v) is 3.18. The second-order valence-corrected chi connectivity index (χ2v) is 4.56. The highest BCUT2D eigenvalue weighted by Crippen LogP contribution is 2.24. The van der Waals surface area contributed by atoms with Crippen LogP contribution in [0.3, 0.4) is 0 Å². The summed E-state index contributed by atoms with van der Waals surface area (Å²) in [6.45, 7) is 2.82. The molecule has 1 rings (SSSR count). The van der Waals surface area contributed by atoms with Crippen LogP contribution in [0.4, 0.5) is 0 Å². The Kier molecular flexibility index (Phi) is 6.45. The first-order chi connectivity index (χ1) is 7.34. The fraction of sp³-hybridized carbons (Fsp3) is 0.923. The maximum atomic E-state index is 11.6. The first-order valence-electron chi connectivity index (χ1n) is 6.51. The summed E-state index contributed by atoms with van der Waals surface area (Å²) < 4.78 is 5.29. The molecule has 0 aromatic carbocycles. The molecule has 0 unspecified atom stereocenters. The van der Waals surface area contributed by atoms with Gasteiger partial charge in [0.2, 0.25) is 0 Å². The van der Waals surface area contributed by atoms with E-state index < -0.39 is 0 Å². The minimum atomic E-state index is 0.0613. The van der Waals surface area contributed by atoms with Gasteiger partial charge in [0, 0.05) is 0 Å². The minimum absolute atomic E-state index is 0.0613. The third-order valence-electron chi connectivity index (χ3n) is 3.18. The van der Waals surface area contributed by atoms with Crippen molar-refractivity contribution in [2.45, 2.75) is 64.7 Å². The van der Waals surface area contributed by atoms with Crippen molar-refractivity contribution in [1.29, 1.82) is 0 Å². The number of esters is 1. The molecule has 0 heterocycles. The van der Waals surface area contributed by atoms with Crippen molar-refractivity contribution in [2.75, 3.05) is 6.61 Å². The summed E-state index contributed by atoms with van der Waals surface area (Å²) in [5.74, 6) is 0.274. The second kappa shape index (κ2) is 7.72. The van der Waals surface area contributed by atoms with E-state index in [-0.39, 0.29) is 11.9 Å². The van der Waals surface area contributed by atoms with Gasteiger partial charge in [-0.15, -0.1) is 0 Å². The molecule has 0 radical (unpaired) electrons. The van der Waals surface area contributed by atoms with Crippen molar-refractivity contribution in [3.8, 4) is 0 Å². The molecule has 1 fully saturated rings. The van der Waals surface area contributed by atoms with Crippen molar-refractivity contribution in [3.63, 3.8) is 0 Å². The number of carbonyl (C=O) groups excluding carboxylic acids is 1. The van der Waals surface area contributed by atoms with E-state index in [4.69, 9.17) is 4.74 Å². The van der Waals surface area contributed by atoms with Crippen LogP contribution in [0.25, 0.3) is 0 Å². The molecular formula is C13H24O2. The zero-order valence-corrected chi connectivity index (χ0v) is 9.96. The molecule has 88 valence electrons. The first kappa shape index (κ1) is 12.5. The summed E-state index contributed by atoms with van der Waals surface area (Å²) >= 11 is 0. The van der Waals surface area contributed by atoms with Gasteiger partial charge < -0.3 is 4.74 Å².